The summed E-state index contributed by atoms with van der Waals surface area (Å²) in [4.78, 5) is 9.42. The highest BCUT2D eigenvalue weighted by molar-refractivity contribution is 9.10. The molecule has 5 rings (SSSR count). The van der Waals surface area contributed by atoms with Crippen LogP contribution in [0.1, 0.15) is 0 Å². The van der Waals surface area contributed by atoms with E-state index in [4.69, 9.17) is 4.98 Å². The van der Waals surface area contributed by atoms with Crippen LogP contribution in [0.25, 0.3) is 44.2 Å². The maximum atomic E-state index is 4.83. The number of nitrogens with zero attached hydrogens (tertiary/aromatic N) is 2. The van der Waals surface area contributed by atoms with E-state index in [-0.39, 0.29) is 0 Å². The van der Waals surface area contributed by atoms with Gasteiger partial charge in [-0.05, 0) is 48.0 Å². The first-order chi connectivity index (χ1) is 13.3. The van der Waals surface area contributed by atoms with E-state index in [1.165, 1.54) is 0 Å². The van der Waals surface area contributed by atoms with Gasteiger partial charge in [-0.1, -0.05) is 58.4 Å². The number of hydrogen-bond acceptors (Lipinski definition) is 2. The Morgan fingerprint density at radius 2 is 1.44 bits per heavy atom. The van der Waals surface area contributed by atoms with Crippen LogP contribution in [-0.2, 0) is 0 Å². The lowest BCUT2D eigenvalue weighted by atomic mass is 10.0. The SMILES string of the molecule is Brc1ccc2nc(-c3cccc(-c4cnc5ccccc5c4)c3)ccc2c1. The van der Waals surface area contributed by atoms with Gasteiger partial charge in [-0.15, -0.1) is 0 Å². The number of hydrogen-bond donors (Lipinski definition) is 0. The van der Waals surface area contributed by atoms with E-state index in [9.17, 15) is 0 Å². The zero-order chi connectivity index (χ0) is 18.2. The highest BCUT2D eigenvalue weighted by atomic mass is 79.9. The molecule has 0 bridgehead atoms. The Hall–Kier alpha value is -3.04. The number of aromatic nitrogens is 2. The maximum Gasteiger partial charge on any atom is 0.0710 e. The van der Waals surface area contributed by atoms with Crippen molar-refractivity contribution in [3.05, 3.63) is 95.6 Å². The van der Waals surface area contributed by atoms with Crippen LogP contribution in [0.5, 0.6) is 0 Å². The summed E-state index contributed by atoms with van der Waals surface area (Å²) >= 11 is 3.51. The minimum Gasteiger partial charge on any atom is -0.256 e. The molecule has 0 unspecified atom stereocenters. The average Bonchev–Trinajstić information content (AvgIpc) is 2.73. The monoisotopic (exact) mass is 410 g/mol. The van der Waals surface area contributed by atoms with Crippen molar-refractivity contribution in [3.8, 4) is 22.4 Å². The highest BCUT2D eigenvalue weighted by Gasteiger charge is 2.06. The summed E-state index contributed by atoms with van der Waals surface area (Å²) in [5.41, 5.74) is 6.34. The van der Waals surface area contributed by atoms with Crippen molar-refractivity contribution in [2.24, 2.45) is 0 Å². The molecule has 0 aliphatic rings. The van der Waals surface area contributed by atoms with Crippen LogP contribution in [-0.4, -0.2) is 9.97 Å². The molecule has 0 saturated carbocycles. The molecule has 0 radical (unpaired) electrons. The van der Waals surface area contributed by atoms with Crippen LogP contribution in [0.2, 0.25) is 0 Å². The van der Waals surface area contributed by atoms with Crippen molar-refractivity contribution in [3.63, 3.8) is 0 Å². The Balaban J connectivity index is 1.59. The molecule has 5 aromatic rings. The molecule has 3 heteroatoms. The Morgan fingerprint density at radius 1 is 0.593 bits per heavy atom. The molecule has 2 heterocycles. The van der Waals surface area contributed by atoms with Crippen molar-refractivity contribution in [2.45, 2.75) is 0 Å². The van der Waals surface area contributed by atoms with E-state index in [0.29, 0.717) is 0 Å². The average molecular weight is 411 g/mol. The standard InChI is InChI=1S/C24H15BrN2/c25-21-9-11-24-19(14-21)8-10-23(27-24)18-6-3-5-16(12-18)20-13-17-4-1-2-7-22(17)26-15-20/h1-15H. The molecule has 0 fully saturated rings. The molecule has 0 saturated heterocycles. The number of benzene rings is 3. The van der Waals surface area contributed by atoms with Gasteiger partial charge in [0.2, 0.25) is 0 Å². The molecular weight excluding hydrogens is 396 g/mol. The predicted octanol–water partition coefficient (Wildman–Crippen LogP) is 6.88. The summed E-state index contributed by atoms with van der Waals surface area (Å²) in [5.74, 6) is 0. The number of para-hydroxylation sites is 1. The zero-order valence-electron chi connectivity index (χ0n) is 14.4. The Labute approximate surface area is 165 Å². The Kier molecular flexibility index (Phi) is 3.95. The molecule has 2 nitrogen and oxygen atoms in total. The van der Waals surface area contributed by atoms with Crippen molar-refractivity contribution in [1.82, 2.24) is 9.97 Å². The van der Waals surface area contributed by atoms with Crippen LogP contribution in [0.3, 0.4) is 0 Å². The third kappa shape index (κ3) is 3.11. The normalized spacial score (nSPS) is 11.1. The largest absolute Gasteiger partial charge is 0.256 e. The zero-order valence-corrected chi connectivity index (χ0v) is 16.0. The lowest BCUT2D eigenvalue weighted by Gasteiger charge is -2.08. The van der Waals surface area contributed by atoms with Crippen LogP contribution in [0, 0.1) is 0 Å². The van der Waals surface area contributed by atoms with Gasteiger partial charge in [0.25, 0.3) is 0 Å². The number of pyridine rings is 2. The van der Waals surface area contributed by atoms with Crippen LogP contribution < -0.4 is 0 Å². The van der Waals surface area contributed by atoms with E-state index in [0.717, 1.165) is 48.7 Å². The van der Waals surface area contributed by atoms with Gasteiger partial charge in [0.1, 0.15) is 0 Å². The van der Waals surface area contributed by atoms with E-state index in [2.05, 4.69) is 75.5 Å². The molecule has 128 valence electrons. The van der Waals surface area contributed by atoms with E-state index < -0.39 is 0 Å². The van der Waals surface area contributed by atoms with E-state index in [1.807, 2.05) is 36.5 Å². The third-order valence-electron chi connectivity index (χ3n) is 4.73. The molecule has 0 aliphatic heterocycles. The maximum absolute atomic E-state index is 4.83. The first kappa shape index (κ1) is 16.2. The second kappa shape index (κ2) is 6.60. The van der Waals surface area contributed by atoms with Gasteiger partial charge in [0.15, 0.2) is 0 Å². The van der Waals surface area contributed by atoms with Crippen LogP contribution in [0.15, 0.2) is 95.6 Å². The Bertz CT molecular complexity index is 1290. The van der Waals surface area contributed by atoms with Gasteiger partial charge < -0.3 is 0 Å². The van der Waals surface area contributed by atoms with Gasteiger partial charge in [-0.2, -0.15) is 0 Å². The summed E-state index contributed by atoms with van der Waals surface area (Å²) in [6.07, 6.45) is 1.94. The van der Waals surface area contributed by atoms with Gasteiger partial charge in [0.05, 0.1) is 16.7 Å². The molecule has 0 atom stereocenters. The van der Waals surface area contributed by atoms with Crippen LogP contribution in [0.4, 0.5) is 0 Å². The summed E-state index contributed by atoms with van der Waals surface area (Å²) in [5, 5.41) is 2.28. The molecule has 0 spiro atoms. The highest BCUT2D eigenvalue weighted by Crippen LogP contribution is 2.28. The van der Waals surface area contributed by atoms with Gasteiger partial charge in [0, 0.05) is 32.6 Å². The van der Waals surface area contributed by atoms with Crippen molar-refractivity contribution in [2.75, 3.05) is 0 Å². The number of halogens is 1. The first-order valence-corrected chi connectivity index (χ1v) is 9.57. The fraction of sp³-hybridized carbons (Fsp3) is 0. The molecular formula is C24H15BrN2. The summed E-state index contributed by atoms with van der Waals surface area (Å²) in [6, 6.07) is 29.2. The fourth-order valence-electron chi connectivity index (χ4n) is 3.34. The smallest absolute Gasteiger partial charge is 0.0710 e. The second-order valence-electron chi connectivity index (χ2n) is 6.53. The minimum absolute atomic E-state index is 0.973. The molecule has 0 amide bonds. The fourth-order valence-corrected chi connectivity index (χ4v) is 3.72. The van der Waals surface area contributed by atoms with Gasteiger partial charge in [-0.3, -0.25) is 4.98 Å². The van der Waals surface area contributed by atoms with Crippen LogP contribution >= 0.6 is 15.9 Å². The third-order valence-corrected chi connectivity index (χ3v) is 5.23. The number of fused-ring (bicyclic) bond motifs is 2. The summed E-state index contributed by atoms with van der Waals surface area (Å²) in [7, 11) is 0. The molecule has 0 N–H and O–H groups in total. The van der Waals surface area contributed by atoms with E-state index in [1.54, 1.807) is 0 Å². The molecule has 27 heavy (non-hydrogen) atoms. The van der Waals surface area contributed by atoms with Crippen molar-refractivity contribution < 1.29 is 0 Å². The lowest BCUT2D eigenvalue weighted by Crippen LogP contribution is -1.87. The summed E-state index contributed by atoms with van der Waals surface area (Å²) in [6.45, 7) is 0. The first-order valence-electron chi connectivity index (χ1n) is 8.78. The topological polar surface area (TPSA) is 25.8 Å². The lowest BCUT2D eigenvalue weighted by molar-refractivity contribution is 1.39. The van der Waals surface area contributed by atoms with Crippen molar-refractivity contribution >= 4 is 37.7 Å². The van der Waals surface area contributed by atoms with Crippen molar-refractivity contribution in [1.29, 1.82) is 0 Å². The second-order valence-corrected chi connectivity index (χ2v) is 7.45. The molecule has 3 aromatic carbocycles. The van der Waals surface area contributed by atoms with E-state index >= 15 is 0 Å². The molecule has 2 aromatic heterocycles. The molecule has 0 aliphatic carbocycles. The van der Waals surface area contributed by atoms with Gasteiger partial charge in [-0.25, -0.2) is 4.98 Å². The minimum atomic E-state index is 0.973. The summed E-state index contributed by atoms with van der Waals surface area (Å²) < 4.78 is 1.07. The van der Waals surface area contributed by atoms with Gasteiger partial charge >= 0.3 is 0 Å². The predicted molar refractivity (Wildman–Crippen MR) is 116 cm³/mol. The quantitative estimate of drug-likeness (QED) is 0.316. The Morgan fingerprint density at radius 3 is 2.41 bits per heavy atom. The number of rotatable bonds is 2.